The minimum atomic E-state index is -0.442. The Bertz CT molecular complexity index is 951. The molecule has 0 spiro atoms. The molecule has 2 heterocycles. The number of nitrogens with one attached hydrogen (secondary N) is 2. The SMILES string of the molecule is Cc1cnc(CN(C)C(=O)c2cnc(SCc3ccccc3)[nH]c2=O)[nH]1. The van der Waals surface area contributed by atoms with Gasteiger partial charge in [0.05, 0.1) is 6.54 Å². The summed E-state index contributed by atoms with van der Waals surface area (Å²) in [5.74, 6) is 0.958. The lowest BCUT2D eigenvalue weighted by molar-refractivity contribution is 0.0779. The molecule has 26 heavy (non-hydrogen) atoms. The Balaban J connectivity index is 1.66. The van der Waals surface area contributed by atoms with E-state index in [4.69, 9.17) is 0 Å². The van der Waals surface area contributed by atoms with Crippen molar-refractivity contribution in [2.45, 2.75) is 24.4 Å². The molecule has 1 aromatic carbocycles. The molecule has 0 aliphatic heterocycles. The summed E-state index contributed by atoms with van der Waals surface area (Å²) in [5.41, 5.74) is 1.62. The fourth-order valence-electron chi connectivity index (χ4n) is 2.38. The average molecular weight is 369 g/mol. The van der Waals surface area contributed by atoms with Crippen molar-refractivity contribution in [1.82, 2.24) is 24.8 Å². The molecule has 2 N–H and O–H groups in total. The lowest BCUT2D eigenvalue weighted by Gasteiger charge is -2.15. The molecule has 3 rings (SSSR count). The Labute approximate surface area is 154 Å². The van der Waals surface area contributed by atoms with Crippen LogP contribution >= 0.6 is 11.8 Å². The molecular weight excluding hydrogens is 350 g/mol. The van der Waals surface area contributed by atoms with Crippen molar-refractivity contribution in [2.75, 3.05) is 7.05 Å². The number of benzene rings is 1. The van der Waals surface area contributed by atoms with Gasteiger partial charge in [0.1, 0.15) is 11.4 Å². The fourth-order valence-corrected chi connectivity index (χ4v) is 3.17. The predicted molar refractivity (Wildman–Crippen MR) is 100.0 cm³/mol. The first-order chi connectivity index (χ1) is 12.5. The van der Waals surface area contributed by atoms with Crippen LogP contribution in [0.3, 0.4) is 0 Å². The molecule has 3 aromatic rings. The second-order valence-corrected chi connectivity index (χ2v) is 6.84. The van der Waals surface area contributed by atoms with Crippen LogP contribution in [0.5, 0.6) is 0 Å². The highest BCUT2D eigenvalue weighted by Gasteiger charge is 2.17. The summed E-state index contributed by atoms with van der Waals surface area (Å²) in [7, 11) is 1.62. The van der Waals surface area contributed by atoms with Gasteiger partial charge in [-0.1, -0.05) is 42.1 Å². The van der Waals surface area contributed by atoms with Crippen LogP contribution in [0.2, 0.25) is 0 Å². The molecule has 0 aliphatic carbocycles. The van der Waals surface area contributed by atoms with E-state index in [1.54, 1.807) is 13.2 Å². The molecule has 0 saturated carbocycles. The van der Waals surface area contributed by atoms with Crippen molar-refractivity contribution >= 4 is 17.7 Å². The number of carbonyl (C=O) groups is 1. The number of carbonyl (C=O) groups excluding carboxylic acids is 1. The Morgan fingerprint density at radius 3 is 2.58 bits per heavy atom. The molecule has 0 fully saturated rings. The van der Waals surface area contributed by atoms with E-state index in [0.29, 0.717) is 16.7 Å². The number of aromatic nitrogens is 4. The second-order valence-electron chi connectivity index (χ2n) is 5.88. The largest absolute Gasteiger partial charge is 0.345 e. The van der Waals surface area contributed by atoms with Gasteiger partial charge in [0.25, 0.3) is 11.5 Å². The lowest BCUT2D eigenvalue weighted by Crippen LogP contribution is -2.32. The zero-order valence-electron chi connectivity index (χ0n) is 14.5. The highest BCUT2D eigenvalue weighted by Crippen LogP contribution is 2.17. The molecule has 7 nitrogen and oxygen atoms in total. The standard InChI is InChI=1S/C18H19N5O2S/c1-12-8-19-15(21-12)10-23(2)17(25)14-9-20-18(22-16(14)24)26-11-13-6-4-3-5-7-13/h3-9H,10-11H2,1-2H3,(H,19,21)(H,20,22,24). The van der Waals surface area contributed by atoms with Crippen LogP contribution in [0, 0.1) is 6.92 Å². The van der Waals surface area contributed by atoms with Crippen LogP contribution < -0.4 is 5.56 Å². The lowest BCUT2D eigenvalue weighted by atomic mass is 10.2. The van der Waals surface area contributed by atoms with Gasteiger partial charge in [-0.15, -0.1) is 0 Å². The van der Waals surface area contributed by atoms with Crippen LogP contribution in [0.25, 0.3) is 0 Å². The molecule has 1 amide bonds. The molecular formula is C18H19N5O2S. The van der Waals surface area contributed by atoms with Crippen molar-refractivity contribution < 1.29 is 4.79 Å². The number of aromatic amines is 2. The molecule has 2 aromatic heterocycles. The normalized spacial score (nSPS) is 10.7. The van der Waals surface area contributed by atoms with Crippen LogP contribution in [0.1, 0.15) is 27.4 Å². The minimum Gasteiger partial charge on any atom is -0.345 e. The molecule has 0 radical (unpaired) electrons. The molecule has 0 aliphatic rings. The first-order valence-corrected chi connectivity index (χ1v) is 9.03. The van der Waals surface area contributed by atoms with Crippen molar-refractivity contribution in [1.29, 1.82) is 0 Å². The summed E-state index contributed by atoms with van der Waals surface area (Å²) in [5, 5.41) is 0.486. The Morgan fingerprint density at radius 2 is 1.92 bits per heavy atom. The van der Waals surface area contributed by atoms with E-state index in [2.05, 4.69) is 19.9 Å². The minimum absolute atomic E-state index is 0.0137. The first-order valence-electron chi connectivity index (χ1n) is 8.05. The van der Waals surface area contributed by atoms with Gasteiger partial charge in [-0.25, -0.2) is 9.97 Å². The number of aryl methyl sites for hydroxylation is 1. The van der Waals surface area contributed by atoms with Crippen LogP contribution in [0.15, 0.2) is 52.7 Å². The highest BCUT2D eigenvalue weighted by molar-refractivity contribution is 7.98. The van der Waals surface area contributed by atoms with Gasteiger partial charge in [-0.2, -0.15) is 0 Å². The van der Waals surface area contributed by atoms with Crippen molar-refractivity contribution in [3.05, 3.63) is 75.7 Å². The zero-order valence-corrected chi connectivity index (χ0v) is 15.3. The monoisotopic (exact) mass is 369 g/mol. The quantitative estimate of drug-likeness (QED) is 0.514. The van der Waals surface area contributed by atoms with Gasteiger partial charge in [0.2, 0.25) is 0 Å². The smallest absolute Gasteiger partial charge is 0.264 e. The third-order valence-corrected chi connectivity index (χ3v) is 4.67. The number of hydrogen-bond donors (Lipinski definition) is 2. The first kappa shape index (κ1) is 17.9. The summed E-state index contributed by atoms with van der Waals surface area (Å²) in [6.07, 6.45) is 3.03. The van der Waals surface area contributed by atoms with Gasteiger partial charge in [0.15, 0.2) is 5.16 Å². The van der Waals surface area contributed by atoms with Gasteiger partial charge in [-0.3, -0.25) is 9.59 Å². The van der Waals surface area contributed by atoms with Gasteiger partial charge >= 0.3 is 0 Å². The Hall–Kier alpha value is -2.87. The van der Waals surface area contributed by atoms with E-state index in [-0.39, 0.29) is 12.1 Å². The number of amides is 1. The molecule has 134 valence electrons. The summed E-state index contributed by atoms with van der Waals surface area (Å²) in [6, 6.07) is 9.90. The fraction of sp³-hybridized carbons (Fsp3) is 0.222. The van der Waals surface area contributed by atoms with E-state index in [1.807, 2.05) is 37.3 Å². The average Bonchev–Trinajstić information content (AvgIpc) is 3.05. The Kier molecular flexibility index (Phi) is 5.52. The van der Waals surface area contributed by atoms with Crippen molar-refractivity contribution in [3.63, 3.8) is 0 Å². The number of H-pyrrole nitrogens is 2. The van der Waals surface area contributed by atoms with Gasteiger partial charge < -0.3 is 14.9 Å². The van der Waals surface area contributed by atoms with Crippen molar-refractivity contribution in [2.24, 2.45) is 0 Å². The van der Waals surface area contributed by atoms with E-state index in [1.165, 1.54) is 22.9 Å². The van der Waals surface area contributed by atoms with Gasteiger partial charge in [0, 0.05) is 30.9 Å². The predicted octanol–water partition coefficient (Wildman–Crippen LogP) is 2.37. The Morgan fingerprint density at radius 1 is 1.15 bits per heavy atom. The molecule has 0 unspecified atom stereocenters. The molecule has 0 bridgehead atoms. The van der Waals surface area contributed by atoms with Crippen LogP contribution in [-0.2, 0) is 12.3 Å². The number of rotatable bonds is 6. The van der Waals surface area contributed by atoms with E-state index in [0.717, 1.165) is 11.3 Å². The van der Waals surface area contributed by atoms with Crippen molar-refractivity contribution in [3.8, 4) is 0 Å². The maximum atomic E-state index is 12.5. The van der Waals surface area contributed by atoms with Gasteiger partial charge in [-0.05, 0) is 12.5 Å². The third-order valence-electron chi connectivity index (χ3n) is 3.71. The van der Waals surface area contributed by atoms with E-state index >= 15 is 0 Å². The number of nitrogens with zero attached hydrogens (tertiary/aromatic N) is 3. The van der Waals surface area contributed by atoms with Crippen LogP contribution in [-0.4, -0.2) is 37.8 Å². The number of hydrogen-bond acceptors (Lipinski definition) is 5. The molecule has 0 saturated heterocycles. The maximum absolute atomic E-state index is 12.5. The zero-order chi connectivity index (χ0) is 18.5. The summed E-state index contributed by atoms with van der Waals surface area (Å²) >= 11 is 1.42. The summed E-state index contributed by atoms with van der Waals surface area (Å²) in [6.45, 7) is 2.18. The topological polar surface area (TPSA) is 94.7 Å². The summed E-state index contributed by atoms with van der Waals surface area (Å²) in [4.78, 5) is 40.3. The van der Waals surface area contributed by atoms with E-state index in [9.17, 15) is 9.59 Å². The third kappa shape index (κ3) is 4.40. The summed E-state index contributed by atoms with van der Waals surface area (Å²) < 4.78 is 0. The highest BCUT2D eigenvalue weighted by atomic mass is 32.2. The maximum Gasteiger partial charge on any atom is 0.264 e. The second kappa shape index (κ2) is 8.01. The molecule has 0 atom stereocenters. The van der Waals surface area contributed by atoms with E-state index < -0.39 is 11.5 Å². The number of imidazole rings is 1. The number of thioether (sulfide) groups is 1. The molecule has 8 heteroatoms. The van der Waals surface area contributed by atoms with Crippen LogP contribution in [0.4, 0.5) is 0 Å².